The highest BCUT2D eigenvalue weighted by Crippen LogP contribution is 2.09. The van der Waals surface area contributed by atoms with Gasteiger partial charge in [-0.25, -0.2) is 0 Å². The van der Waals surface area contributed by atoms with Gasteiger partial charge in [0, 0.05) is 31.9 Å². The highest BCUT2D eigenvalue weighted by Gasteiger charge is 2.22. The number of morpholine rings is 1. The fourth-order valence-corrected chi connectivity index (χ4v) is 2.83. The molecular formula is C17H28N4O3. The van der Waals surface area contributed by atoms with Crippen molar-refractivity contribution < 1.29 is 14.3 Å². The van der Waals surface area contributed by atoms with Crippen LogP contribution in [0.4, 0.5) is 0 Å². The monoisotopic (exact) mass is 336 g/mol. The lowest BCUT2D eigenvalue weighted by molar-refractivity contribution is -0.132. The molecule has 2 amide bonds. The fourth-order valence-electron chi connectivity index (χ4n) is 2.83. The third-order valence-electron chi connectivity index (χ3n) is 4.12. The Balaban J connectivity index is 2.04. The van der Waals surface area contributed by atoms with Gasteiger partial charge in [-0.1, -0.05) is 13.8 Å². The van der Waals surface area contributed by atoms with Crippen molar-refractivity contribution in [3.05, 3.63) is 17.5 Å². The first-order valence-electron chi connectivity index (χ1n) is 8.76. The lowest BCUT2D eigenvalue weighted by Gasteiger charge is -2.26. The highest BCUT2D eigenvalue weighted by atomic mass is 16.5. The quantitative estimate of drug-likeness (QED) is 0.753. The van der Waals surface area contributed by atoms with E-state index in [-0.39, 0.29) is 18.4 Å². The van der Waals surface area contributed by atoms with Crippen LogP contribution in [0.2, 0.25) is 0 Å². The van der Waals surface area contributed by atoms with Gasteiger partial charge in [-0.15, -0.1) is 0 Å². The summed E-state index contributed by atoms with van der Waals surface area (Å²) in [6.45, 7) is 10.00. The van der Waals surface area contributed by atoms with Crippen molar-refractivity contribution >= 4 is 11.8 Å². The molecule has 24 heavy (non-hydrogen) atoms. The molecule has 0 unspecified atom stereocenters. The summed E-state index contributed by atoms with van der Waals surface area (Å²) in [7, 11) is 0. The lowest BCUT2D eigenvalue weighted by Crippen LogP contribution is -2.41. The molecule has 1 aliphatic heterocycles. The van der Waals surface area contributed by atoms with Crippen LogP contribution in [-0.4, -0.2) is 70.8 Å². The van der Waals surface area contributed by atoms with E-state index in [0.717, 1.165) is 31.6 Å². The number of ether oxygens (including phenoxy) is 1. The molecule has 0 atom stereocenters. The molecule has 0 saturated carbocycles. The third kappa shape index (κ3) is 4.56. The minimum Gasteiger partial charge on any atom is -0.378 e. The van der Waals surface area contributed by atoms with Crippen LogP contribution >= 0.6 is 0 Å². The summed E-state index contributed by atoms with van der Waals surface area (Å²) in [6, 6.07) is 1.76. The van der Waals surface area contributed by atoms with Gasteiger partial charge in [0.05, 0.1) is 13.2 Å². The summed E-state index contributed by atoms with van der Waals surface area (Å²) >= 11 is 0. The first-order valence-corrected chi connectivity index (χ1v) is 8.76. The largest absolute Gasteiger partial charge is 0.378 e. The normalized spacial score (nSPS) is 14.7. The highest BCUT2D eigenvalue weighted by molar-refractivity contribution is 5.92. The number of rotatable bonds is 7. The van der Waals surface area contributed by atoms with Crippen molar-refractivity contribution in [2.75, 3.05) is 39.4 Å². The molecule has 0 radical (unpaired) electrons. The predicted molar refractivity (Wildman–Crippen MR) is 90.8 cm³/mol. The number of nitrogens with zero attached hydrogens (tertiary/aromatic N) is 4. The van der Waals surface area contributed by atoms with E-state index in [4.69, 9.17) is 4.74 Å². The molecule has 0 aromatic carbocycles. The summed E-state index contributed by atoms with van der Waals surface area (Å²) in [5.74, 6) is -0.0400. The van der Waals surface area contributed by atoms with E-state index in [9.17, 15) is 9.59 Å². The van der Waals surface area contributed by atoms with Crippen LogP contribution < -0.4 is 0 Å². The minimum absolute atomic E-state index is 0.0512. The molecule has 0 aliphatic carbocycles. The summed E-state index contributed by atoms with van der Waals surface area (Å²) < 4.78 is 6.90. The maximum Gasteiger partial charge on any atom is 0.274 e. The SMILES string of the molecule is CCCN(CCC)C(=O)Cn1nc(C(=O)N2CCOCC2)cc1C. The average molecular weight is 336 g/mol. The van der Waals surface area contributed by atoms with Crippen molar-refractivity contribution in [2.24, 2.45) is 0 Å². The molecule has 7 nitrogen and oxygen atoms in total. The van der Waals surface area contributed by atoms with E-state index < -0.39 is 0 Å². The van der Waals surface area contributed by atoms with Gasteiger partial charge in [-0.05, 0) is 25.8 Å². The molecular weight excluding hydrogens is 308 g/mol. The van der Waals surface area contributed by atoms with Crippen LogP contribution in [0.3, 0.4) is 0 Å². The number of hydrogen-bond acceptors (Lipinski definition) is 4. The zero-order chi connectivity index (χ0) is 17.5. The average Bonchev–Trinajstić information content (AvgIpc) is 2.95. The molecule has 0 N–H and O–H groups in total. The van der Waals surface area contributed by atoms with Crippen LogP contribution in [0.15, 0.2) is 6.07 Å². The van der Waals surface area contributed by atoms with E-state index in [0.29, 0.717) is 32.0 Å². The number of amides is 2. The van der Waals surface area contributed by atoms with Gasteiger partial charge < -0.3 is 14.5 Å². The first kappa shape index (κ1) is 18.4. The van der Waals surface area contributed by atoms with E-state index in [1.807, 2.05) is 11.8 Å². The second-order valence-electron chi connectivity index (χ2n) is 6.11. The lowest BCUT2D eigenvalue weighted by atomic mass is 10.3. The second-order valence-corrected chi connectivity index (χ2v) is 6.11. The molecule has 2 heterocycles. The molecule has 1 aromatic heterocycles. The van der Waals surface area contributed by atoms with Gasteiger partial charge in [0.25, 0.3) is 5.91 Å². The number of carbonyl (C=O) groups is 2. The smallest absolute Gasteiger partial charge is 0.274 e. The van der Waals surface area contributed by atoms with Crippen LogP contribution in [0, 0.1) is 6.92 Å². The molecule has 0 bridgehead atoms. The van der Waals surface area contributed by atoms with Crippen LogP contribution in [0.25, 0.3) is 0 Å². The zero-order valence-electron chi connectivity index (χ0n) is 15.0. The number of carbonyl (C=O) groups excluding carboxylic acids is 2. The topological polar surface area (TPSA) is 67.7 Å². The van der Waals surface area contributed by atoms with Gasteiger partial charge in [0.15, 0.2) is 5.69 Å². The van der Waals surface area contributed by atoms with E-state index >= 15 is 0 Å². The van der Waals surface area contributed by atoms with Gasteiger partial charge >= 0.3 is 0 Å². The summed E-state index contributed by atoms with van der Waals surface area (Å²) in [6.07, 6.45) is 1.87. The Bertz CT molecular complexity index is 558. The van der Waals surface area contributed by atoms with E-state index in [2.05, 4.69) is 18.9 Å². The number of aromatic nitrogens is 2. The molecule has 0 spiro atoms. The Morgan fingerprint density at radius 2 is 1.83 bits per heavy atom. The van der Waals surface area contributed by atoms with E-state index in [1.165, 1.54) is 0 Å². The van der Waals surface area contributed by atoms with Crippen LogP contribution in [-0.2, 0) is 16.1 Å². The van der Waals surface area contributed by atoms with Crippen LogP contribution in [0.1, 0.15) is 42.9 Å². The summed E-state index contributed by atoms with van der Waals surface area (Å²) in [4.78, 5) is 28.6. The maximum absolute atomic E-state index is 12.5. The van der Waals surface area contributed by atoms with Crippen molar-refractivity contribution in [3.8, 4) is 0 Å². The standard InChI is InChI=1S/C17H28N4O3/c1-4-6-19(7-5-2)16(22)13-21-14(3)12-15(18-21)17(23)20-8-10-24-11-9-20/h12H,4-11,13H2,1-3H3. The van der Waals surface area contributed by atoms with Crippen molar-refractivity contribution in [1.82, 2.24) is 19.6 Å². The van der Waals surface area contributed by atoms with E-state index in [1.54, 1.807) is 15.6 Å². The molecule has 2 rings (SSSR count). The number of aryl methyl sites for hydroxylation is 1. The van der Waals surface area contributed by atoms with Gasteiger partial charge in [-0.2, -0.15) is 5.10 Å². The molecule has 1 aliphatic rings. The summed E-state index contributed by atoms with van der Waals surface area (Å²) in [5.41, 5.74) is 1.23. The Morgan fingerprint density at radius 3 is 2.42 bits per heavy atom. The fraction of sp³-hybridized carbons (Fsp3) is 0.706. The molecule has 7 heteroatoms. The maximum atomic E-state index is 12.5. The molecule has 1 aromatic rings. The molecule has 1 saturated heterocycles. The van der Waals surface area contributed by atoms with Crippen molar-refractivity contribution in [2.45, 2.75) is 40.2 Å². The molecule has 1 fully saturated rings. The second kappa shape index (κ2) is 8.82. The third-order valence-corrected chi connectivity index (χ3v) is 4.12. The first-order chi connectivity index (χ1) is 11.6. The van der Waals surface area contributed by atoms with Crippen LogP contribution in [0.5, 0.6) is 0 Å². The molecule has 134 valence electrons. The zero-order valence-corrected chi connectivity index (χ0v) is 15.0. The van der Waals surface area contributed by atoms with Gasteiger partial charge in [0.2, 0.25) is 5.91 Å². The Hall–Kier alpha value is -1.89. The van der Waals surface area contributed by atoms with Crippen molar-refractivity contribution in [1.29, 1.82) is 0 Å². The minimum atomic E-state index is -0.0911. The Labute approximate surface area is 143 Å². The summed E-state index contributed by atoms with van der Waals surface area (Å²) in [5, 5.41) is 4.36. The van der Waals surface area contributed by atoms with Crippen molar-refractivity contribution in [3.63, 3.8) is 0 Å². The Morgan fingerprint density at radius 1 is 1.21 bits per heavy atom. The van der Waals surface area contributed by atoms with Gasteiger partial charge in [-0.3, -0.25) is 14.3 Å². The van der Waals surface area contributed by atoms with Gasteiger partial charge in [0.1, 0.15) is 6.54 Å². The Kier molecular flexibility index (Phi) is 6.78. The number of hydrogen-bond donors (Lipinski definition) is 0. The predicted octanol–water partition coefficient (Wildman–Crippen LogP) is 1.31.